The van der Waals surface area contributed by atoms with Crippen LogP contribution in [0.15, 0.2) is 47.4 Å². The Kier molecular flexibility index (Phi) is 5.72. The van der Waals surface area contributed by atoms with Crippen molar-refractivity contribution in [1.29, 1.82) is 0 Å². The highest BCUT2D eigenvalue weighted by Crippen LogP contribution is 2.31. The lowest BCUT2D eigenvalue weighted by Crippen LogP contribution is -2.53. The molecule has 2 amide bonds. The van der Waals surface area contributed by atoms with E-state index in [-0.39, 0.29) is 36.2 Å². The van der Waals surface area contributed by atoms with Gasteiger partial charge in [-0.2, -0.15) is 4.31 Å². The van der Waals surface area contributed by atoms with Gasteiger partial charge in [0.05, 0.1) is 23.0 Å². The number of sulfonamides is 1. The Bertz CT molecular complexity index is 1100. The molecule has 31 heavy (non-hydrogen) atoms. The summed E-state index contributed by atoms with van der Waals surface area (Å²) in [6.45, 7) is 7.10. The van der Waals surface area contributed by atoms with Gasteiger partial charge in [0.15, 0.2) is 0 Å². The van der Waals surface area contributed by atoms with E-state index in [4.69, 9.17) is 0 Å². The summed E-state index contributed by atoms with van der Waals surface area (Å²) in [5.41, 5.74) is 3.44. The number of amides is 2. The minimum Gasteiger partial charge on any atom is -0.289 e. The van der Waals surface area contributed by atoms with Crippen molar-refractivity contribution in [3.63, 3.8) is 0 Å². The molecule has 0 saturated carbocycles. The number of nitrogens with zero attached hydrogens (tertiary/aromatic N) is 3. The van der Waals surface area contributed by atoms with E-state index in [0.29, 0.717) is 18.8 Å². The molecule has 0 unspecified atom stereocenters. The van der Waals surface area contributed by atoms with Gasteiger partial charge in [-0.05, 0) is 44.0 Å². The molecule has 2 aliphatic rings. The second kappa shape index (κ2) is 8.18. The Morgan fingerprint density at radius 3 is 2.00 bits per heavy atom. The second-order valence-electron chi connectivity index (χ2n) is 8.28. The van der Waals surface area contributed by atoms with Crippen LogP contribution in [0.5, 0.6) is 0 Å². The number of piperazine rings is 1. The zero-order chi connectivity index (χ0) is 22.3. The number of anilines is 1. The molecule has 4 rings (SSSR count). The van der Waals surface area contributed by atoms with Gasteiger partial charge in [-0.1, -0.05) is 35.9 Å². The summed E-state index contributed by atoms with van der Waals surface area (Å²) < 4.78 is 27.3. The molecule has 2 fully saturated rings. The first kappa shape index (κ1) is 21.7. The third-order valence-electron chi connectivity index (χ3n) is 6.16. The number of benzene rings is 2. The van der Waals surface area contributed by atoms with Crippen molar-refractivity contribution >= 4 is 27.5 Å². The third-order valence-corrected chi connectivity index (χ3v) is 8.07. The van der Waals surface area contributed by atoms with Crippen LogP contribution in [0.4, 0.5) is 5.69 Å². The SMILES string of the molecule is Cc1ccc(S(=O)(=O)N2CCN([C@H]3CC(=O)N(c4c(C)cccc4C)C3=O)CC2)cc1. The number of rotatable bonds is 4. The number of carbonyl (C=O) groups excluding carboxylic acids is 2. The van der Waals surface area contributed by atoms with E-state index >= 15 is 0 Å². The van der Waals surface area contributed by atoms with Gasteiger partial charge in [0.25, 0.3) is 5.91 Å². The summed E-state index contributed by atoms with van der Waals surface area (Å²) in [4.78, 5) is 29.5. The average Bonchev–Trinajstić information content (AvgIpc) is 3.03. The maximum absolute atomic E-state index is 13.2. The lowest BCUT2D eigenvalue weighted by atomic mass is 10.1. The Hall–Kier alpha value is -2.55. The van der Waals surface area contributed by atoms with E-state index in [1.165, 1.54) is 9.21 Å². The topological polar surface area (TPSA) is 78.0 Å². The first-order chi connectivity index (χ1) is 14.7. The summed E-state index contributed by atoms with van der Waals surface area (Å²) in [5.74, 6) is -0.431. The van der Waals surface area contributed by atoms with Crippen LogP contribution < -0.4 is 4.90 Å². The molecule has 0 N–H and O–H groups in total. The largest absolute Gasteiger partial charge is 0.289 e. The molecule has 2 saturated heterocycles. The van der Waals surface area contributed by atoms with Gasteiger partial charge in [0, 0.05) is 26.2 Å². The molecule has 2 heterocycles. The number of hydrogen-bond acceptors (Lipinski definition) is 5. The fraction of sp³-hybridized carbons (Fsp3) is 0.391. The van der Waals surface area contributed by atoms with Gasteiger partial charge in [0.1, 0.15) is 0 Å². The Balaban J connectivity index is 1.48. The maximum Gasteiger partial charge on any atom is 0.251 e. The van der Waals surface area contributed by atoms with Crippen molar-refractivity contribution in [1.82, 2.24) is 9.21 Å². The number of hydrogen-bond donors (Lipinski definition) is 0. The monoisotopic (exact) mass is 441 g/mol. The van der Waals surface area contributed by atoms with Crippen LogP contribution in [-0.2, 0) is 19.6 Å². The molecule has 0 bridgehead atoms. The minimum absolute atomic E-state index is 0.122. The van der Waals surface area contributed by atoms with Gasteiger partial charge in [0.2, 0.25) is 15.9 Å². The zero-order valence-electron chi connectivity index (χ0n) is 18.0. The highest BCUT2D eigenvalue weighted by Gasteiger charge is 2.44. The first-order valence-electron chi connectivity index (χ1n) is 10.4. The van der Waals surface area contributed by atoms with Crippen LogP contribution >= 0.6 is 0 Å². The maximum atomic E-state index is 13.2. The van der Waals surface area contributed by atoms with Crippen molar-refractivity contribution in [3.8, 4) is 0 Å². The van der Waals surface area contributed by atoms with Gasteiger partial charge in [-0.15, -0.1) is 0 Å². The molecule has 164 valence electrons. The van der Waals surface area contributed by atoms with E-state index in [2.05, 4.69) is 0 Å². The fourth-order valence-electron chi connectivity index (χ4n) is 4.41. The van der Waals surface area contributed by atoms with Crippen molar-refractivity contribution in [3.05, 3.63) is 59.2 Å². The van der Waals surface area contributed by atoms with Crippen LogP contribution in [-0.4, -0.2) is 61.7 Å². The van der Waals surface area contributed by atoms with Crippen LogP contribution in [0.2, 0.25) is 0 Å². The zero-order valence-corrected chi connectivity index (χ0v) is 18.9. The normalized spacial score (nSPS) is 21.1. The van der Waals surface area contributed by atoms with Crippen LogP contribution in [0.3, 0.4) is 0 Å². The van der Waals surface area contributed by atoms with E-state index in [1.54, 1.807) is 24.3 Å². The van der Waals surface area contributed by atoms with Gasteiger partial charge in [-0.3, -0.25) is 14.5 Å². The molecule has 8 heteroatoms. The molecular formula is C23H27N3O4S. The molecule has 0 radical (unpaired) electrons. The molecule has 1 atom stereocenters. The van der Waals surface area contributed by atoms with Crippen molar-refractivity contribution in [2.75, 3.05) is 31.1 Å². The quantitative estimate of drug-likeness (QED) is 0.680. The number of aryl methyl sites for hydroxylation is 3. The Morgan fingerprint density at radius 2 is 1.42 bits per heavy atom. The molecule has 0 spiro atoms. The molecule has 2 aromatic carbocycles. The van der Waals surface area contributed by atoms with E-state index < -0.39 is 16.1 Å². The highest BCUT2D eigenvalue weighted by atomic mass is 32.2. The van der Waals surface area contributed by atoms with E-state index in [1.807, 2.05) is 43.9 Å². The standard InChI is InChI=1S/C23H27N3O4S/c1-16-7-9-19(10-8-16)31(29,30)25-13-11-24(12-14-25)20-15-21(27)26(23(20)28)22-17(2)5-4-6-18(22)3/h4-10,20H,11-15H2,1-3H3/t20-/m0/s1. The summed E-state index contributed by atoms with van der Waals surface area (Å²) in [7, 11) is -3.57. The van der Waals surface area contributed by atoms with Crippen molar-refractivity contribution in [2.24, 2.45) is 0 Å². The molecule has 7 nitrogen and oxygen atoms in total. The summed E-state index contributed by atoms with van der Waals surface area (Å²) in [6.07, 6.45) is 0.122. The Labute approximate surface area is 183 Å². The van der Waals surface area contributed by atoms with Crippen LogP contribution in [0.25, 0.3) is 0 Å². The number of imide groups is 1. The fourth-order valence-corrected chi connectivity index (χ4v) is 5.83. The smallest absolute Gasteiger partial charge is 0.251 e. The van der Waals surface area contributed by atoms with Crippen molar-refractivity contribution < 1.29 is 18.0 Å². The van der Waals surface area contributed by atoms with Gasteiger partial charge in [-0.25, -0.2) is 13.3 Å². The van der Waals surface area contributed by atoms with Crippen molar-refractivity contribution in [2.45, 2.75) is 38.1 Å². The third kappa shape index (κ3) is 3.91. The number of para-hydroxylation sites is 1. The molecule has 0 aliphatic carbocycles. The molecular weight excluding hydrogens is 414 g/mol. The molecule has 2 aliphatic heterocycles. The summed E-state index contributed by atoms with van der Waals surface area (Å²) in [6, 6.07) is 12.0. The minimum atomic E-state index is -3.57. The van der Waals surface area contributed by atoms with E-state index in [0.717, 1.165) is 16.7 Å². The number of carbonyl (C=O) groups is 2. The predicted molar refractivity (Wildman–Crippen MR) is 118 cm³/mol. The predicted octanol–water partition coefficient (Wildman–Crippen LogP) is 2.25. The van der Waals surface area contributed by atoms with Crippen LogP contribution in [0.1, 0.15) is 23.1 Å². The Morgan fingerprint density at radius 1 is 0.839 bits per heavy atom. The molecule has 2 aromatic rings. The lowest BCUT2D eigenvalue weighted by molar-refractivity contribution is -0.123. The molecule has 0 aromatic heterocycles. The summed E-state index contributed by atoms with van der Waals surface area (Å²) >= 11 is 0. The van der Waals surface area contributed by atoms with E-state index in [9.17, 15) is 18.0 Å². The second-order valence-corrected chi connectivity index (χ2v) is 10.2. The lowest BCUT2D eigenvalue weighted by Gasteiger charge is -2.36. The average molecular weight is 442 g/mol. The highest BCUT2D eigenvalue weighted by molar-refractivity contribution is 7.89. The van der Waals surface area contributed by atoms with Crippen LogP contribution in [0, 0.1) is 20.8 Å². The van der Waals surface area contributed by atoms with Gasteiger partial charge >= 0.3 is 0 Å². The summed E-state index contributed by atoms with van der Waals surface area (Å²) in [5, 5.41) is 0. The van der Waals surface area contributed by atoms with Gasteiger partial charge < -0.3 is 0 Å². The first-order valence-corrected chi connectivity index (χ1v) is 11.9.